The van der Waals surface area contributed by atoms with Crippen LogP contribution in [0.1, 0.15) is 51.4 Å². The van der Waals surface area contributed by atoms with Crippen LogP contribution in [0.15, 0.2) is 12.4 Å². The Morgan fingerprint density at radius 3 is 1.40 bits per heavy atom. The van der Waals surface area contributed by atoms with Gasteiger partial charge in [0.15, 0.2) is 0 Å². The second kappa shape index (κ2) is 6.91. The van der Waals surface area contributed by atoms with Gasteiger partial charge in [0.05, 0.1) is 0 Å². The van der Waals surface area contributed by atoms with Crippen molar-refractivity contribution in [2.24, 2.45) is 0 Å². The minimum absolute atomic E-state index is 1.13. The molecule has 0 bridgehead atoms. The van der Waals surface area contributed by atoms with Crippen LogP contribution < -0.4 is 9.80 Å². The molecule has 3 rings (SSSR count). The third-order valence-electron chi connectivity index (χ3n) is 4.50. The highest BCUT2D eigenvalue weighted by Gasteiger charge is 2.15. The Morgan fingerprint density at radius 2 is 1.00 bits per heavy atom. The van der Waals surface area contributed by atoms with Gasteiger partial charge in [-0.15, -0.1) is 0 Å². The van der Waals surface area contributed by atoms with Crippen molar-refractivity contribution in [2.45, 2.75) is 51.4 Å². The number of rotatable bonds is 2. The van der Waals surface area contributed by atoms with Crippen molar-refractivity contribution in [1.82, 2.24) is 9.97 Å². The fourth-order valence-corrected chi connectivity index (χ4v) is 3.28. The molecule has 1 aromatic heterocycles. The van der Waals surface area contributed by atoms with E-state index in [0.717, 1.165) is 37.8 Å². The molecular formula is C16H26N4. The van der Waals surface area contributed by atoms with Crippen molar-refractivity contribution in [3.63, 3.8) is 0 Å². The topological polar surface area (TPSA) is 32.3 Å². The second-order valence-electron chi connectivity index (χ2n) is 6.04. The molecule has 3 heterocycles. The molecule has 2 aliphatic heterocycles. The molecule has 0 amide bonds. The smallest absolute Gasteiger partial charge is 0.134 e. The maximum Gasteiger partial charge on any atom is 0.134 e. The molecular weight excluding hydrogens is 248 g/mol. The van der Waals surface area contributed by atoms with Crippen molar-refractivity contribution in [1.29, 1.82) is 0 Å². The van der Waals surface area contributed by atoms with Crippen LogP contribution in [0.5, 0.6) is 0 Å². The van der Waals surface area contributed by atoms with Crippen LogP contribution in [-0.4, -0.2) is 36.1 Å². The standard InChI is InChI=1S/C16H26N4/c1-2-6-10-19(9-5-1)15-13-16(18-14-17-15)20-11-7-3-4-8-12-20/h13-14H,1-12H2. The van der Waals surface area contributed by atoms with Crippen molar-refractivity contribution in [2.75, 3.05) is 36.0 Å². The summed E-state index contributed by atoms with van der Waals surface area (Å²) in [6.45, 7) is 4.60. The Kier molecular flexibility index (Phi) is 4.72. The van der Waals surface area contributed by atoms with E-state index in [4.69, 9.17) is 0 Å². The summed E-state index contributed by atoms with van der Waals surface area (Å²) in [6, 6.07) is 2.20. The first-order valence-electron chi connectivity index (χ1n) is 8.25. The van der Waals surface area contributed by atoms with Gasteiger partial charge in [0.2, 0.25) is 0 Å². The van der Waals surface area contributed by atoms with Gasteiger partial charge in [-0.2, -0.15) is 0 Å². The number of hydrogen-bond acceptors (Lipinski definition) is 4. The lowest BCUT2D eigenvalue weighted by atomic mass is 10.2. The van der Waals surface area contributed by atoms with Gasteiger partial charge in [0, 0.05) is 32.2 Å². The van der Waals surface area contributed by atoms with Crippen LogP contribution in [0.25, 0.3) is 0 Å². The fraction of sp³-hybridized carbons (Fsp3) is 0.750. The molecule has 4 heteroatoms. The van der Waals surface area contributed by atoms with Gasteiger partial charge in [-0.1, -0.05) is 25.7 Å². The zero-order valence-corrected chi connectivity index (χ0v) is 12.4. The lowest BCUT2D eigenvalue weighted by Crippen LogP contribution is -2.28. The van der Waals surface area contributed by atoms with Gasteiger partial charge < -0.3 is 9.80 Å². The van der Waals surface area contributed by atoms with Gasteiger partial charge in [0.1, 0.15) is 18.0 Å². The van der Waals surface area contributed by atoms with E-state index in [1.807, 2.05) is 0 Å². The molecule has 0 aliphatic carbocycles. The van der Waals surface area contributed by atoms with Crippen molar-refractivity contribution in [3.05, 3.63) is 12.4 Å². The highest BCUT2D eigenvalue weighted by atomic mass is 15.2. The summed E-state index contributed by atoms with van der Waals surface area (Å²) in [6.07, 6.45) is 12.4. The Bertz CT molecular complexity index is 369. The first kappa shape index (κ1) is 13.7. The molecule has 0 aromatic carbocycles. The first-order chi connectivity index (χ1) is 9.93. The molecule has 0 N–H and O–H groups in total. The molecule has 0 unspecified atom stereocenters. The quantitative estimate of drug-likeness (QED) is 0.829. The van der Waals surface area contributed by atoms with Crippen LogP contribution in [0.4, 0.5) is 11.6 Å². The third-order valence-corrected chi connectivity index (χ3v) is 4.50. The van der Waals surface area contributed by atoms with Gasteiger partial charge >= 0.3 is 0 Å². The van der Waals surface area contributed by atoms with Gasteiger partial charge in [-0.05, 0) is 25.7 Å². The average molecular weight is 274 g/mol. The third kappa shape index (κ3) is 3.41. The molecule has 110 valence electrons. The Balaban J connectivity index is 1.74. The molecule has 0 spiro atoms. The molecule has 2 fully saturated rings. The van der Waals surface area contributed by atoms with E-state index in [0.29, 0.717) is 0 Å². The normalized spacial score (nSPS) is 21.4. The molecule has 4 nitrogen and oxygen atoms in total. The predicted molar refractivity (Wildman–Crippen MR) is 83.4 cm³/mol. The van der Waals surface area contributed by atoms with Gasteiger partial charge in [-0.3, -0.25) is 0 Å². The van der Waals surface area contributed by atoms with Crippen molar-refractivity contribution < 1.29 is 0 Å². The minimum atomic E-state index is 1.13. The van der Waals surface area contributed by atoms with Gasteiger partial charge in [-0.25, -0.2) is 9.97 Å². The molecule has 0 radical (unpaired) electrons. The Labute approximate surface area is 122 Å². The van der Waals surface area contributed by atoms with E-state index in [9.17, 15) is 0 Å². The molecule has 0 atom stereocenters. The second-order valence-corrected chi connectivity index (χ2v) is 6.04. The maximum atomic E-state index is 4.51. The Hall–Kier alpha value is -1.32. The molecule has 2 saturated heterocycles. The van der Waals surface area contributed by atoms with E-state index in [1.165, 1.54) is 51.4 Å². The van der Waals surface area contributed by atoms with Crippen LogP contribution >= 0.6 is 0 Å². The lowest BCUT2D eigenvalue weighted by molar-refractivity contribution is 0.726. The summed E-state index contributed by atoms with van der Waals surface area (Å²) in [5, 5.41) is 0. The largest absolute Gasteiger partial charge is 0.356 e. The van der Waals surface area contributed by atoms with Crippen molar-refractivity contribution >= 4 is 11.6 Å². The summed E-state index contributed by atoms with van der Waals surface area (Å²) in [4.78, 5) is 13.9. The number of anilines is 2. The first-order valence-corrected chi connectivity index (χ1v) is 8.25. The van der Waals surface area contributed by atoms with Crippen LogP contribution in [0.2, 0.25) is 0 Å². The van der Waals surface area contributed by atoms with E-state index >= 15 is 0 Å². The zero-order chi connectivity index (χ0) is 13.6. The monoisotopic (exact) mass is 274 g/mol. The van der Waals surface area contributed by atoms with Crippen molar-refractivity contribution in [3.8, 4) is 0 Å². The molecule has 1 aromatic rings. The summed E-state index contributed by atoms with van der Waals surface area (Å²) < 4.78 is 0. The fourth-order valence-electron chi connectivity index (χ4n) is 3.28. The highest BCUT2D eigenvalue weighted by Crippen LogP contribution is 2.22. The zero-order valence-electron chi connectivity index (χ0n) is 12.4. The molecule has 20 heavy (non-hydrogen) atoms. The highest BCUT2D eigenvalue weighted by molar-refractivity contribution is 5.50. The summed E-state index contributed by atoms with van der Waals surface area (Å²) in [7, 11) is 0. The minimum Gasteiger partial charge on any atom is -0.356 e. The number of aromatic nitrogens is 2. The van der Waals surface area contributed by atoms with E-state index < -0.39 is 0 Å². The Morgan fingerprint density at radius 1 is 0.600 bits per heavy atom. The SMILES string of the molecule is c1nc(N2CCCCCC2)cc(N2CCCCCC2)n1. The van der Waals surface area contributed by atoms with E-state index in [2.05, 4.69) is 25.8 Å². The summed E-state index contributed by atoms with van der Waals surface area (Å²) in [5.74, 6) is 2.25. The predicted octanol–water partition coefficient (Wildman–Crippen LogP) is 3.24. The maximum absolute atomic E-state index is 4.51. The van der Waals surface area contributed by atoms with Crippen LogP contribution in [-0.2, 0) is 0 Å². The van der Waals surface area contributed by atoms with Gasteiger partial charge in [0.25, 0.3) is 0 Å². The van der Waals surface area contributed by atoms with Crippen LogP contribution in [0, 0.1) is 0 Å². The number of hydrogen-bond donors (Lipinski definition) is 0. The van der Waals surface area contributed by atoms with Crippen LogP contribution in [0.3, 0.4) is 0 Å². The molecule has 2 aliphatic rings. The van der Waals surface area contributed by atoms with E-state index in [1.54, 1.807) is 6.33 Å². The summed E-state index contributed by atoms with van der Waals surface area (Å²) >= 11 is 0. The number of nitrogens with zero attached hydrogens (tertiary/aromatic N) is 4. The summed E-state index contributed by atoms with van der Waals surface area (Å²) in [5.41, 5.74) is 0. The lowest BCUT2D eigenvalue weighted by Gasteiger charge is -2.25. The van der Waals surface area contributed by atoms with E-state index in [-0.39, 0.29) is 0 Å². The average Bonchev–Trinajstić information content (AvgIpc) is 2.92. The molecule has 0 saturated carbocycles.